The highest BCUT2D eigenvalue weighted by molar-refractivity contribution is 5.94. The van der Waals surface area contributed by atoms with Crippen LogP contribution in [0, 0.1) is 11.6 Å². The molecule has 1 aliphatic heterocycles. The second kappa shape index (κ2) is 6.87. The van der Waals surface area contributed by atoms with Crippen LogP contribution in [0.3, 0.4) is 0 Å². The van der Waals surface area contributed by atoms with Crippen molar-refractivity contribution in [3.63, 3.8) is 0 Å². The first-order valence-electron chi connectivity index (χ1n) is 7.64. The zero-order chi connectivity index (χ0) is 16.2. The number of carbonyl (C=O) groups excluding carboxylic acids is 1. The number of hydrogen-bond acceptors (Lipinski definition) is 2. The van der Waals surface area contributed by atoms with Gasteiger partial charge >= 0.3 is 0 Å². The number of piperazine rings is 1. The Bertz CT molecular complexity index is 680. The van der Waals surface area contributed by atoms with E-state index in [-0.39, 0.29) is 17.5 Å². The lowest BCUT2D eigenvalue weighted by Crippen LogP contribution is -2.48. The summed E-state index contributed by atoms with van der Waals surface area (Å²) in [6.07, 6.45) is 0. The van der Waals surface area contributed by atoms with Crippen molar-refractivity contribution in [2.75, 3.05) is 26.2 Å². The molecule has 1 fully saturated rings. The molecule has 3 nitrogen and oxygen atoms in total. The van der Waals surface area contributed by atoms with Crippen LogP contribution in [-0.2, 0) is 6.54 Å². The molecule has 0 aromatic heterocycles. The van der Waals surface area contributed by atoms with E-state index in [1.807, 2.05) is 6.07 Å². The molecular weight excluding hydrogens is 298 g/mol. The van der Waals surface area contributed by atoms with Crippen LogP contribution in [0.1, 0.15) is 15.9 Å². The second-order valence-corrected chi connectivity index (χ2v) is 5.67. The number of rotatable bonds is 3. The number of hydrogen-bond donors (Lipinski definition) is 0. The van der Waals surface area contributed by atoms with Crippen LogP contribution in [0.15, 0.2) is 48.5 Å². The molecule has 1 heterocycles. The van der Waals surface area contributed by atoms with E-state index in [2.05, 4.69) is 4.90 Å². The van der Waals surface area contributed by atoms with Gasteiger partial charge in [0.25, 0.3) is 5.91 Å². The first kappa shape index (κ1) is 15.6. The average Bonchev–Trinajstić information content (AvgIpc) is 2.58. The number of carbonyl (C=O) groups is 1. The molecule has 0 bridgehead atoms. The van der Waals surface area contributed by atoms with Crippen LogP contribution in [0.25, 0.3) is 0 Å². The van der Waals surface area contributed by atoms with E-state index in [0.29, 0.717) is 43.9 Å². The lowest BCUT2D eigenvalue weighted by atomic mass is 10.1. The molecule has 0 unspecified atom stereocenters. The van der Waals surface area contributed by atoms with Crippen molar-refractivity contribution >= 4 is 5.91 Å². The molecule has 0 aliphatic carbocycles. The van der Waals surface area contributed by atoms with E-state index in [4.69, 9.17) is 0 Å². The van der Waals surface area contributed by atoms with E-state index in [0.717, 1.165) is 0 Å². The summed E-state index contributed by atoms with van der Waals surface area (Å²) < 4.78 is 26.6. The summed E-state index contributed by atoms with van der Waals surface area (Å²) in [7, 11) is 0. The van der Waals surface area contributed by atoms with Gasteiger partial charge in [0.1, 0.15) is 11.6 Å². The van der Waals surface area contributed by atoms with Crippen LogP contribution < -0.4 is 0 Å². The van der Waals surface area contributed by atoms with Crippen LogP contribution >= 0.6 is 0 Å². The van der Waals surface area contributed by atoms with E-state index in [1.54, 1.807) is 17.0 Å². The molecule has 0 saturated carbocycles. The van der Waals surface area contributed by atoms with E-state index < -0.39 is 0 Å². The zero-order valence-corrected chi connectivity index (χ0v) is 12.7. The minimum absolute atomic E-state index is 0.0875. The molecule has 2 aromatic rings. The monoisotopic (exact) mass is 316 g/mol. The number of benzene rings is 2. The summed E-state index contributed by atoms with van der Waals surface area (Å²) in [5.41, 5.74) is 1.17. The minimum Gasteiger partial charge on any atom is -0.336 e. The maximum Gasteiger partial charge on any atom is 0.253 e. The van der Waals surface area contributed by atoms with Gasteiger partial charge in [0.15, 0.2) is 0 Å². The van der Waals surface area contributed by atoms with E-state index in [1.165, 1.54) is 30.3 Å². The molecule has 1 aliphatic rings. The maximum absolute atomic E-state index is 13.7. The fraction of sp³-hybridized carbons (Fsp3) is 0.278. The zero-order valence-electron chi connectivity index (χ0n) is 12.7. The average molecular weight is 316 g/mol. The molecule has 0 N–H and O–H groups in total. The van der Waals surface area contributed by atoms with Gasteiger partial charge in [0.05, 0.1) is 0 Å². The smallest absolute Gasteiger partial charge is 0.253 e. The molecule has 5 heteroatoms. The van der Waals surface area contributed by atoms with Crippen LogP contribution in [0.5, 0.6) is 0 Å². The molecular formula is C18H18F2N2O. The summed E-state index contributed by atoms with van der Waals surface area (Å²) in [6, 6.07) is 12.3. The number of halogens is 2. The lowest BCUT2D eigenvalue weighted by molar-refractivity contribution is 0.0627. The fourth-order valence-corrected chi connectivity index (χ4v) is 2.75. The molecule has 2 aromatic carbocycles. The van der Waals surface area contributed by atoms with Crippen LogP contribution in [0.2, 0.25) is 0 Å². The topological polar surface area (TPSA) is 23.6 Å². The van der Waals surface area contributed by atoms with Crippen molar-refractivity contribution in [1.29, 1.82) is 0 Å². The number of nitrogens with zero attached hydrogens (tertiary/aromatic N) is 2. The molecule has 120 valence electrons. The third-order valence-corrected chi connectivity index (χ3v) is 4.10. The molecule has 3 rings (SSSR count). The van der Waals surface area contributed by atoms with Gasteiger partial charge in [0, 0.05) is 43.9 Å². The third kappa shape index (κ3) is 3.74. The van der Waals surface area contributed by atoms with Gasteiger partial charge in [-0.05, 0) is 30.3 Å². The summed E-state index contributed by atoms with van der Waals surface area (Å²) >= 11 is 0. The van der Waals surface area contributed by atoms with Gasteiger partial charge in [-0.15, -0.1) is 0 Å². The Balaban J connectivity index is 1.57. The van der Waals surface area contributed by atoms with Gasteiger partial charge in [-0.1, -0.05) is 18.2 Å². The van der Waals surface area contributed by atoms with E-state index in [9.17, 15) is 13.6 Å². The normalized spacial score (nSPS) is 15.7. The summed E-state index contributed by atoms with van der Waals surface area (Å²) in [6.45, 7) is 3.11. The Labute approximate surface area is 134 Å². The summed E-state index contributed by atoms with van der Waals surface area (Å²) in [4.78, 5) is 16.2. The quantitative estimate of drug-likeness (QED) is 0.869. The molecule has 0 spiro atoms. The highest BCUT2D eigenvalue weighted by Gasteiger charge is 2.22. The van der Waals surface area contributed by atoms with Gasteiger partial charge in [-0.3, -0.25) is 9.69 Å². The molecule has 1 saturated heterocycles. The Morgan fingerprint density at radius 2 is 1.57 bits per heavy atom. The van der Waals surface area contributed by atoms with E-state index >= 15 is 0 Å². The predicted octanol–water partition coefficient (Wildman–Crippen LogP) is 2.92. The number of amides is 1. The first-order chi connectivity index (χ1) is 11.1. The minimum atomic E-state index is -0.351. The SMILES string of the molecule is O=C(c1ccc(F)cc1)N1CCN(Cc2ccccc2F)CC1. The maximum atomic E-state index is 13.7. The molecule has 0 radical (unpaired) electrons. The van der Waals surface area contributed by atoms with Gasteiger partial charge < -0.3 is 4.90 Å². The standard InChI is InChI=1S/C18H18F2N2O/c19-16-7-5-14(6-8-16)18(23)22-11-9-21(10-12-22)13-15-3-1-2-4-17(15)20/h1-8H,9-13H2. The van der Waals surface area contributed by atoms with Crippen molar-refractivity contribution in [1.82, 2.24) is 9.80 Å². The largest absolute Gasteiger partial charge is 0.336 e. The Kier molecular flexibility index (Phi) is 4.67. The Morgan fingerprint density at radius 3 is 2.22 bits per heavy atom. The predicted molar refractivity (Wildman–Crippen MR) is 84.0 cm³/mol. The summed E-state index contributed by atoms with van der Waals surface area (Å²) in [5.74, 6) is -0.635. The lowest BCUT2D eigenvalue weighted by Gasteiger charge is -2.34. The van der Waals surface area contributed by atoms with Crippen LogP contribution in [0.4, 0.5) is 8.78 Å². The highest BCUT2D eigenvalue weighted by atomic mass is 19.1. The second-order valence-electron chi connectivity index (χ2n) is 5.67. The highest BCUT2D eigenvalue weighted by Crippen LogP contribution is 2.14. The van der Waals surface area contributed by atoms with Crippen molar-refractivity contribution in [2.45, 2.75) is 6.54 Å². The third-order valence-electron chi connectivity index (χ3n) is 4.10. The van der Waals surface area contributed by atoms with Gasteiger partial charge in [-0.25, -0.2) is 8.78 Å². The fourth-order valence-electron chi connectivity index (χ4n) is 2.75. The summed E-state index contributed by atoms with van der Waals surface area (Å²) in [5, 5.41) is 0. The molecule has 23 heavy (non-hydrogen) atoms. The van der Waals surface area contributed by atoms with Crippen molar-refractivity contribution in [3.05, 3.63) is 71.3 Å². The molecule has 1 amide bonds. The van der Waals surface area contributed by atoms with Crippen LogP contribution in [-0.4, -0.2) is 41.9 Å². The van der Waals surface area contributed by atoms with Crippen molar-refractivity contribution in [3.8, 4) is 0 Å². The van der Waals surface area contributed by atoms with Gasteiger partial charge in [-0.2, -0.15) is 0 Å². The first-order valence-corrected chi connectivity index (χ1v) is 7.64. The Morgan fingerprint density at radius 1 is 0.913 bits per heavy atom. The van der Waals surface area contributed by atoms with Crippen molar-refractivity contribution < 1.29 is 13.6 Å². The van der Waals surface area contributed by atoms with Gasteiger partial charge in [0.2, 0.25) is 0 Å². The molecule has 0 atom stereocenters. The Hall–Kier alpha value is -2.27. The van der Waals surface area contributed by atoms with Crippen molar-refractivity contribution in [2.24, 2.45) is 0 Å².